The summed E-state index contributed by atoms with van der Waals surface area (Å²) in [5.74, 6) is -6.23. The summed E-state index contributed by atoms with van der Waals surface area (Å²) in [6.07, 6.45) is 0.0648. The van der Waals surface area contributed by atoms with Crippen molar-refractivity contribution in [3.05, 3.63) is 37.7 Å². The summed E-state index contributed by atoms with van der Waals surface area (Å²) in [6, 6.07) is 1.77. The van der Waals surface area contributed by atoms with Crippen LogP contribution in [-0.2, 0) is 20.8 Å². The molecule has 0 unspecified atom stereocenters. The van der Waals surface area contributed by atoms with Crippen molar-refractivity contribution < 1.29 is 34.8 Å². The number of primary amides is 1. The number of carbonyl (C=O) groups is 3. The van der Waals surface area contributed by atoms with Crippen molar-refractivity contribution in [2.75, 3.05) is 19.0 Å². The molecule has 3 atom stereocenters. The molecule has 3 aliphatic carbocycles. The molecule has 31 heavy (non-hydrogen) atoms. The van der Waals surface area contributed by atoms with Crippen LogP contribution in [0.15, 0.2) is 23.0 Å². The lowest BCUT2D eigenvalue weighted by atomic mass is 9.59. The van der Waals surface area contributed by atoms with Crippen LogP contribution in [0.1, 0.15) is 24.0 Å². The van der Waals surface area contributed by atoms with Crippen molar-refractivity contribution in [1.82, 2.24) is 0 Å². The lowest BCUT2D eigenvalue weighted by Crippen LogP contribution is -2.58. The number of phenolic OH excluding ortho intramolecular Hbond substituents is 1. The number of aliphatic hydroxyl groups is 3. The number of carbonyl (C=O) groups excluding carboxylic acids is 3. The minimum atomic E-state index is -2.54. The van der Waals surface area contributed by atoms with Crippen molar-refractivity contribution >= 4 is 51.5 Å². The first-order valence-corrected chi connectivity index (χ1v) is 10.7. The average molecular weight is 540 g/mol. The van der Waals surface area contributed by atoms with Gasteiger partial charge in [-0.2, -0.15) is 0 Å². The van der Waals surface area contributed by atoms with Gasteiger partial charge in [0, 0.05) is 37.7 Å². The van der Waals surface area contributed by atoms with E-state index in [0.717, 1.165) is 5.69 Å². The van der Waals surface area contributed by atoms with E-state index < -0.39 is 52.0 Å². The van der Waals surface area contributed by atoms with E-state index in [2.05, 4.69) is 0 Å². The molecule has 1 aromatic rings. The zero-order valence-corrected chi connectivity index (χ0v) is 18.9. The number of nitrogens with two attached hydrogens (primary N) is 1. The van der Waals surface area contributed by atoms with Gasteiger partial charge in [0.2, 0.25) is 5.78 Å². The largest absolute Gasteiger partial charge is 0.508 e. The molecule has 164 valence electrons. The van der Waals surface area contributed by atoms with Crippen LogP contribution in [0.4, 0.5) is 5.69 Å². The van der Waals surface area contributed by atoms with E-state index in [1.165, 1.54) is 0 Å². The van der Waals surface area contributed by atoms with Gasteiger partial charge in [0.25, 0.3) is 5.91 Å². The number of aliphatic hydroxyl groups excluding tert-OH is 2. The zero-order chi connectivity index (χ0) is 23.0. The summed E-state index contributed by atoms with van der Waals surface area (Å²) in [7, 11) is 3.63. The SMILES string of the molecule is CN(C)c1cc(I)c(O)c2c1C[C@H]1C[C@H]3CC(=O)C(C(N)=O)=C(O)[C@@]3(O)C(=O)C1=C2O. The van der Waals surface area contributed by atoms with Gasteiger partial charge in [-0.3, -0.25) is 14.4 Å². The maximum Gasteiger partial charge on any atom is 0.255 e. The van der Waals surface area contributed by atoms with Gasteiger partial charge in [-0.05, 0) is 53.0 Å². The molecule has 0 bridgehead atoms. The second-order valence-corrected chi connectivity index (χ2v) is 9.54. The highest BCUT2D eigenvalue weighted by atomic mass is 127. The fraction of sp³-hybridized carbons (Fsp3) is 0.381. The third kappa shape index (κ3) is 2.80. The fourth-order valence-corrected chi connectivity index (χ4v) is 5.60. The third-order valence-electron chi connectivity index (χ3n) is 6.48. The van der Waals surface area contributed by atoms with E-state index in [0.29, 0.717) is 9.13 Å². The van der Waals surface area contributed by atoms with Crippen molar-refractivity contribution in [2.24, 2.45) is 17.6 Å². The molecule has 0 spiro atoms. The van der Waals surface area contributed by atoms with Gasteiger partial charge in [-0.25, -0.2) is 0 Å². The third-order valence-corrected chi connectivity index (χ3v) is 7.30. The maximum absolute atomic E-state index is 13.4. The van der Waals surface area contributed by atoms with Crippen LogP contribution in [0.2, 0.25) is 0 Å². The first-order chi connectivity index (χ1) is 14.4. The van der Waals surface area contributed by atoms with E-state index >= 15 is 0 Å². The molecular formula is C21H21IN2O7. The lowest BCUT2D eigenvalue weighted by Gasteiger charge is -2.46. The van der Waals surface area contributed by atoms with E-state index in [4.69, 9.17) is 5.73 Å². The van der Waals surface area contributed by atoms with Crippen LogP contribution >= 0.6 is 22.6 Å². The summed E-state index contributed by atoms with van der Waals surface area (Å²) in [4.78, 5) is 39.3. The normalized spacial score (nSPS) is 27.6. The Morgan fingerprint density at radius 3 is 2.45 bits per heavy atom. The minimum Gasteiger partial charge on any atom is -0.508 e. The van der Waals surface area contributed by atoms with Gasteiger partial charge in [0.05, 0.1) is 9.13 Å². The molecule has 0 saturated heterocycles. The number of anilines is 1. The molecule has 9 nitrogen and oxygen atoms in total. The monoisotopic (exact) mass is 540 g/mol. The number of nitrogens with zero attached hydrogens (tertiary/aromatic N) is 1. The van der Waals surface area contributed by atoms with E-state index in [9.17, 15) is 34.8 Å². The number of Topliss-reactive ketones (excluding diaryl/α,β-unsaturated/α-hetero) is 2. The molecule has 4 rings (SSSR count). The number of ketones is 2. The van der Waals surface area contributed by atoms with Crippen molar-refractivity contribution in [3.63, 3.8) is 0 Å². The van der Waals surface area contributed by atoms with Crippen molar-refractivity contribution in [3.8, 4) is 5.75 Å². The number of hydrogen-bond donors (Lipinski definition) is 5. The Morgan fingerprint density at radius 1 is 1.23 bits per heavy atom. The van der Waals surface area contributed by atoms with Gasteiger partial charge in [0.15, 0.2) is 11.4 Å². The van der Waals surface area contributed by atoms with Crippen LogP contribution in [-0.4, -0.2) is 57.6 Å². The highest BCUT2D eigenvalue weighted by Gasteiger charge is 2.60. The summed E-state index contributed by atoms with van der Waals surface area (Å²) < 4.78 is 0.465. The van der Waals surface area contributed by atoms with Crippen LogP contribution < -0.4 is 10.6 Å². The number of fused-ring (bicyclic) bond motifs is 3. The summed E-state index contributed by atoms with van der Waals surface area (Å²) in [5.41, 5.74) is 3.20. The molecule has 1 aromatic carbocycles. The number of hydrogen-bond acceptors (Lipinski definition) is 8. The number of aromatic hydroxyl groups is 1. The Labute approximate surface area is 191 Å². The number of rotatable bonds is 2. The zero-order valence-electron chi connectivity index (χ0n) is 16.8. The molecule has 0 aromatic heterocycles. The first-order valence-electron chi connectivity index (χ1n) is 9.60. The molecule has 6 N–H and O–H groups in total. The Balaban J connectivity index is 1.97. The molecule has 0 heterocycles. The maximum atomic E-state index is 13.4. The minimum absolute atomic E-state index is 0.0997. The lowest BCUT2D eigenvalue weighted by molar-refractivity contribution is -0.147. The Kier molecular flexibility index (Phi) is 4.85. The molecule has 0 radical (unpaired) electrons. The average Bonchev–Trinajstić information content (AvgIpc) is 2.66. The van der Waals surface area contributed by atoms with Crippen LogP contribution in [0.3, 0.4) is 0 Å². The predicted molar refractivity (Wildman–Crippen MR) is 118 cm³/mol. The van der Waals surface area contributed by atoms with E-state index in [-0.39, 0.29) is 36.1 Å². The standard InChI is InChI=1S/C21H21IN2O7/c1-24(2)11-6-10(22)16(26)14-9(11)4-7-3-8-5-12(25)15(20(23)30)19(29)21(8,31)18(28)13(7)17(14)27/h6-8,26-27,29,31H,3-5H2,1-2H3,(H2,23,30)/t7-,8+,21+/m1/s1. The fourth-order valence-electron chi connectivity index (χ4n) is 5.04. The quantitative estimate of drug-likeness (QED) is 0.275. The summed E-state index contributed by atoms with van der Waals surface area (Å²) in [5, 5.41) is 43.5. The summed E-state index contributed by atoms with van der Waals surface area (Å²) >= 11 is 1.92. The molecule has 10 heteroatoms. The Morgan fingerprint density at radius 2 is 1.87 bits per heavy atom. The topological polar surface area (TPSA) is 161 Å². The Hall–Kier alpha value is -2.60. The Bertz CT molecular complexity index is 1140. The highest BCUT2D eigenvalue weighted by molar-refractivity contribution is 14.1. The number of halogens is 1. The van der Waals surface area contributed by atoms with Gasteiger partial charge < -0.3 is 31.1 Å². The molecule has 1 amide bonds. The van der Waals surface area contributed by atoms with Gasteiger partial charge >= 0.3 is 0 Å². The van der Waals surface area contributed by atoms with Crippen molar-refractivity contribution in [2.45, 2.75) is 24.9 Å². The molecule has 0 aliphatic heterocycles. The number of benzene rings is 1. The van der Waals surface area contributed by atoms with E-state index in [1.807, 2.05) is 41.6 Å². The van der Waals surface area contributed by atoms with Gasteiger partial charge in [-0.15, -0.1) is 0 Å². The predicted octanol–water partition coefficient (Wildman–Crippen LogP) is 1.09. The van der Waals surface area contributed by atoms with E-state index in [1.54, 1.807) is 6.07 Å². The molecule has 3 aliphatic rings. The highest BCUT2D eigenvalue weighted by Crippen LogP contribution is 2.53. The molecule has 1 saturated carbocycles. The smallest absolute Gasteiger partial charge is 0.255 e. The molecular weight excluding hydrogens is 519 g/mol. The van der Waals surface area contributed by atoms with Crippen LogP contribution in [0.25, 0.3) is 5.76 Å². The van der Waals surface area contributed by atoms with Gasteiger partial charge in [0.1, 0.15) is 22.8 Å². The molecule has 1 fully saturated rings. The summed E-state index contributed by atoms with van der Waals surface area (Å²) in [6.45, 7) is 0. The number of amides is 1. The van der Waals surface area contributed by atoms with Crippen LogP contribution in [0.5, 0.6) is 5.75 Å². The number of phenols is 1. The van der Waals surface area contributed by atoms with Crippen molar-refractivity contribution in [1.29, 1.82) is 0 Å². The second kappa shape index (κ2) is 6.95. The van der Waals surface area contributed by atoms with Crippen LogP contribution in [0, 0.1) is 15.4 Å². The second-order valence-electron chi connectivity index (χ2n) is 8.38. The first kappa shape index (κ1) is 21.6. The van der Waals surface area contributed by atoms with Gasteiger partial charge in [-0.1, -0.05) is 0 Å².